The van der Waals surface area contributed by atoms with E-state index in [4.69, 9.17) is 0 Å². The van der Waals surface area contributed by atoms with Gasteiger partial charge in [0.15, 0.2) is 0 Å². The van der Waals surface area contributed by atoms with E-state index in [1.54, 1.807) is 0 Å². The third-order valence-corrected chi connectivity index (χ3v) is 3.37. The van der Waals surface area contributed by atoms with E-state index >= 15 is 0 Å². The molecule has 2 heteroatoms. The van der Waals surface area contributed by atoms with Crippen LogP contribution in [0.3, 0.4) is 0 Å². The van der Waals surface area contributed by atoms with Crippen LogP contribution in [0.25, 0.3) is 0 Å². The Balaban J connectivity index is 2.82. The maximum atomic E-state index is 11.3. The fourth-order valence-electron chi connectivity index (χ4n) is 2.35. The van der Waals surface area contributed by atoms with Gasteiger partial charge in [0.1, 0.15) is 0 Å². The average molecular weight is 183 g/mol. The Hall–Kier alpha value is -0.530. The third-order valence-electron chi connectivity index (χ3n) is 3.37. The first kappa shape index (κ1) is 10.6. The van der Waals surface area contributed by atoms with E-state index in [1.165, 1.54) is 0 Å². The molecule has 0 aromatic heterocycles. The van der Waals surface area contributed by atoms with Gasteiger partial charge in [0.05, 0.1) is 0 Å². The van der Waals surface area contributed by atoms with Crippen molar-refractivity contribution in [3.05, 3.63) is 0 Å². The van der Waals surface area contributed by atoms with Gasteiger partial charge in [-0.1, -0.05) is 20.8 Å². The molecule has 1 fully saturated rings. The Morgan fingerprint density at radius 2 is 1.92 bits per heavy atom. The van der Waals surface area contributed by atoms with Crippen molar-refractivity contribution >= 4 is 5.91 Å². The molecule has 1 rings (SSSR count). The molecule has 13 heavy (non-hydrogen) atoms. The van der Waals surface area contributed by atoms with Crippen LogP contribution in [-0.2, 0) is 4.79 Å². The Labute approximate surface area is 81.1 Å². The average Bonchev–Trinajstić information content (AvgIpc) is 1.97. The summed E-state index contributed by atoms with van der Waals surface area (Å²) in [7, 11) is 0. The summed E-state index contributed by atoms with van der Waals surface area (Å²) in [5.74, 6) is 0.852. The molecule has 0 radical (unpaired) electrons. The third kappa shape index (κ3) is 1.87. The minimum absolute atomic E-state index is 0.0473. The minimum Gasteiger partial charge on any atom is -0.351 e. The molecule has 0 saturated carbocycles. The minimum atomic E-state index is -0.0473. The van der Waals surface area contributed by atoms with Crippen LogP contribution in [0.1, 0.15) is 47.5 Å². The monoisotopic (exact) mass is 183 g/mol. The molecule has 1 heterocycles. The topological polar surface area (TPSA) is 29.1 Å². The Bertz CT molecular complexity index is 220. The molecule has 1 saturated heterocycles. The molecule has 0 bridgehead atoms. The predicted octanol–water partition coefficient (Wildman–Crippen LogP) is 2.34. The van der Waals surface area contributed by atoms with E-state index in [1.807, 2.05) is 0 Å². The van der Waals surface area contributed by atoms with Crippen molar-refractivity contribution in [2.24, 2.45) is 11.3 Å². The summed E-state index contributed by atoms with van der Waals surface area (Å²) in [4.78, 5) is 11.3. The van der Waals surface area contributed by atoms with Crippen molar-refractivity contribution in [3.8, 4) is 0 Å². The molecule has 1 aliphatic rings. The molecular formula is C11H21NO. The van der Waals surface area contributed by atoms with Gasteiger partial charge in [0, 0.05) is 12.0 Å². The second-order valence-electron chi connectivity index (χ2n) is 5.51. The van der Waals surface area contributed by atoms with Crippen molar-refractivity contribution < 1.29 is 4.79 Å². The predicted molar refractivity (Wildman–Crippen MR) is 54.4 cm³/mol. The largest absolute Gasteiger partial charge is 0.351 e. The quantitative estimate of drug-likeness (QED) is 0.699. The maximum Gasteiger partial charge on any atom is 0.221 e. The molecule has 1 atom stereocenters. The fraction of sp³-hybridized carbons (Fsp3) is 0.909. The molecule has 0 spiro atoms. The van der Waals surface area contributed by atoms with Crippen LogP contribution in [-0.4, -0.2) is 11.4 Å². The Kier molecular flexibility index (Phi) is 2.44. The van der Waals surface area contributed by atoms with Crippen LogP contribution >= 0.6 is 0 Å². The number of hydrogen-bond acceptors (Lipinski definition) is 1. The summed E-state index contributed by atoms with van der Waals surface area (Å²) < 4.78 is 0. The second kappa shape index (κ2) is 3.00. The maximum absolute atomic E-state index is 11.3. The first-order valence-corrected chi connectivity index (χ1v) is 5.08. The van der Waals surface area contributed by atoms with Crippen LogP contribution in [0.5, 0.6) is 0 Å². The van der Waals surface area contributed by atoms with Crippen LogP contribution < -0.4 is 5.32 Å². The highest BCUT2D eigenvalue weighted by Crippen LogP contribution is 2.44. The first-order chi connectivity index (χ1) is 5.77. The molecule has 0 aliphatic carbocycles. The van der Waals surface area contributed by atoms with E-state index < -0.39 is 0 Å². The van der Waals surface area contributed by atoms with Gasteiger partial charge in [-0.05, 0) is 31.6 Å². The Morgan fingerprint density at radius 1 is 1.38 bits per heavy atom. The summed E-state index contributed by atoms with van der Waals surface area (Å²) >= 11 is 0. The van der Waals surface area contributed by atoms with Crippen LogP contribution in [0.15, 0.2) is 0 Å². The highest BCUT2D eigenvalue weighted by molar-refractivity contribution is 5.80. The van der Waals surface area contributed by atoms with Crippen molar-refractivity contribution in [2.45, 2.75) is 53.0 Å². The Morgan fingerprint density at radius 3 is 2.23 bits per heavy atom. The van der Waals surface area contributed by atoms with E-state index in [0.29, 0.717) is 12.3 Å². The van der Waals surface area contributed by atoms with Gasteiger partial charge in [-0.2, -0.15) is 0 Å². The lowest BCUT2D eigenvalue weighted by Gasteiger charge is -2.38. The van der Waals surface area contributed by atoms with Gasteiger partial charge in [-0.25, -0.2) is 0 Å². The number of carbonyl (C=O) groups is 1. The van der Waals surface area contributed by atoms with Gasteiger partial charge < -0.3 is 5.32 Å². The van der Waals surface area contributed by atoms with E-state index in [0.717, 1.165) is 6.42 Å². The normalized spacial score (nSPS) is 32.3. The lowest BCUT2D eigenvalue weighted by Crippen LogP contribution is -2.46. The molecule has 1 N–H and O–H groups in total. The van der Waals surface area contributed by atoms with Gasteiger partial charge in [-0.15, -0.1) is 0 Å². The number of nitrogens with one attached hydrogen (secondary N) is 1. The van der Waals surface area contributed by atoms with Crippen LogP contribution in [0, 0.1) is 11.3 Å². The van der Waals surface area contributed by atoms with Crippen molar-refractivity contribution in [1.29, 1.82) is 0 Å². The molecule has 0 aromatic carbocycles. The lowest BCUT2D eigenvalue weighted by atomic mass is 9.69. The molecule has 76 valence electrons. The second-order valence-corrected chi connectivity index (χ2v) is 5.51. The summed E-state index contributed by atoms with van der Waals surface area (Å²) in [6.45, 7) is 10.9. The number of hydrogen-bond donors (Lipinski definition) is 1. The molecule has 2 nitrogen and oxygen atoms in total. The fourth-order valence-corrected chi connectivity index (χ4v) is 2.35. The highest BCUT2D eigenvalue weighted by Gasteiger charge is 2.48. The zero-order valence-electron chi connectivity index (χ0n) is 9.40. The zero-order valence-corrected chi connectivity index (χ0v) is 9.40. The SMILES string of the molecule is CC(C)CC1(C)CC(=O)NC1(C)C. The van der Waals surface area contributed by atoms with Gasteiger partial charge >= 0.3 is 0 Å². The summed E-state index contributed by atoms with van der Waals surface area (Å²) in [6.07, 6.45) is 1.79. The molecule has 1 unspecified atom stereocenters. The number of carbonyl (C=O) groups excluding carboxylic acids is 1. The molecular weight excluding hydrogens is 162 g/mol. The number of amides is 1. The van der Waals surface area contributed by atoms with Gasteiger partial charge in [0.2, 0.25) is 5.91 Å². The summed E-state index contributed by atoms with van der Waals surface area (Å²) in [5, 5.41) is 3.05. The van der Waals surface area contributed by atoms with Crippen LogP contribution in [0.2, 0.25) is 0 Å². The molecule has 1 aliphatic heterocycles. The highest BCUT2D eigenvalue weighted by atomic mass is 16.2. The molecule has 0 aromatic rings. The van der Waals surface area contributed by atoms with E-state index in [2.05, 4.69) is 39.9 Å². The van der Waals surface area contributed by atoms with Gasteiger partial charge in [-0.3, -0.25) is 4.79 Å². The molecule has 1 amide bonds. The van der Waals surface area contributed by atoms with Gasteiger partial charge in [0.25, 0.3) is 0 Å². The lowest BCUT2D eigenvalue weighted by molar-refractivity contribution is -0.119. The standard InChI is InChI=1S/C11H21NO/c1-8(2)6-11(5)7-9(13)12-10(11,3)4/h8H,6-7H2,1-5H3,(H,12,13). The van der Waals surface area contributed by atoms with E-state index in [9.17, 15) is 4.79 Å². The summed E-state index contributed by atoms with van der Waals surface area (Å²) in [5.41, 5.74) is 0.0760. The van der Waals surface area contributed by atoms with Crippen molar-refractivity contribution in [2.75, 3.05) is 0 Å². The smallest absolute Gasteiger partial charge is 0.221 e. The van der Waals surface area contributed by atoms with Crippen molar-refractivity contribution in [3.63, 3.8) is 0 Å². The van der Waals surface area contributed by atoms with E-state index in [-0.39, 0.29) is 16.9 Å². The number of rotatable bonds is 2. The zero-order chi connectivity index (χ0) is 10.3. The first-order valence-electron chi connectivity index (χ1n) is 5.08. The van der Waals surface area contributed by atoms with Crippen molar-refractivity contribution in [1.82, 2.24) is 5.32 Å². The summed E-state index contributed by atoms with van der Waals surface area (Å²) in [6, 6.07) is 0. The van der Waals surface area contributed by atoms with Crippen LogP contribution in [0.4, 0.5) is 0 Å².